The maximum absolute atomic E-state index is 13.6. The zero-order valence-electron chi connectivity index (χ0n) is 10.1. The highest BCUT2D eigenvalue weighted by Gasteiger charge is 2.15. The number of fused-ring (bicyclic) bond motifs is 3. The molecular formula is C13H12FN3O. The predicted octanol–water partition coefficient (Wildman–Crippen LogP) is 2.44. The molecule has 0 fully saturated rings. The van der Waals surface area contributed by atoms with Gasteiger partial charge in [0.05, 0.1) is 11.7 Å². The van der Waals surface area contributed by atoms with Gasteiger partial charge < -0.3 is 4.98 Å². The van der Waals surface area contributed by atoms with E-state index < -0.39 is 5.82 Å². The van der Waals surface area contributed by atoms with Crippen molar-refractivity contribution in [3.63, 3.8) is 0 Å². The molecule has 3 rings (SSSR count). The van der Waals surface area contributed by atoms with E-state index in [9.17, 15) is 9.18 Å². The Morgan fingerprint density at radius 1 is 1.39 bits per heavy atom. The monoisotopic (exact) mass is 245 g/mol. The number of nitrogens with one attached hydrogen (secondary N) is 1. The number of hydrogen-bond acceptors (Lipinski definition) is 2. The lowest BCUT2D eigenvalue weighted by molar-refractivity contribution is 0.635. The standard InChI is InChI=1S/C13H12FN3O/c1-7(2)8-6-15-17-10-5-3-4-9(14)11(10)16-13(18)12(8)17/h3-7H,1-2H3,(H,16,18). The number of H-pyrrole nitrogens is 1. The maximum Gasteiger partial charge on any atom is 0.274 e. The van der Waals surface area contributed by atoms with Crippen molar-refractivity contribution in [3.05, 3.63) is 46.1 Å². The van der Waals surface area contributed by atoms with Crippen molar-refractivity contribution in [3.8, 4) is 0 Å². The molecule has 0 aliphatic heterocycles. The van der Waals surface area contributed by atoms with Gasteiger partial charge in [0.2, 0.25) is 0 Å². The van der Waals surface area contributed by atoms with Gasteiger partial charge in [0, 0.05) is 5.56 Å². The predicted molar refractivity (Wildman–Crippen MR) is 67.4 cm³/mol. The van der Waals surface area contributed by atoms with Gasteiger partial charge in [-0.1, -0.05) is 19.9 Å². The topological polar surface area (TPSA) is 50.2 Å². The van der Waals surface area contributed by atoms with Crippen molar-refractivity contribution in [2.45, 2.75) is 19.8 Å². The average molecular weight is 245 g/mol. The molecule has 0 aliphatic carbocycles. The summed E-state index contributed by atoms with van der Waals surface area (Å²) in [4.78, 5) is 14.6. The maximum atomic E-state index is 13.6. The number of aromatic amines is 1. The van der Waals surface area contributed by atoms with Gasteiger partial charge in [-0.3, -0.25) is 4.79 Å². The molecule has 0 saturated carbocycles. The second kappa shape index (κ2) is 3.66. The number of para-hydroxylation sites is 1. The van der Waals surface area contributed by atoms with Crippen LogP contribution in [0.2, 0.25) is 0 Å². The second-order valence-electron chi connectivity index (χ2n) is 4.60. The Kier molecular flexibility index (Phi) is 2.23. The summed E-state index contributed by atoms with van der Waals surface area (Å²) in [5.74, 6) is -0.261. The zero-order chi connectivity index (χ0) is 12.9. The lowest BCUT2D eigenvalue weighted by Gasteiger charge is -2.04. The Morgan fingerprint density at radius 3 is 2.89 bits per heavy atom. The molecule has 0 atom stereocenters. The number of benzene rings is 1. The van der Waals surface area contributed by atoms with Gasteiger partial charge in [-0.05, 0) is 18.1 Å². The lowest BCUT2D eigenvalue weighted by atomic mass is 10.1. The van der Waals surface area contributed by atoms with Crippen LogP contribution in [-0.4, -0.2) is 14.6 Å². The van der Waals surface area contributed by atoms with Crippen LogP contribution >= 0.6 is 0 Å². The molecule has 2 heterocycles. The third-order valence-corrected chi connectivity index (χ3v) is 3.09. The minimum atomic E-state index is -0.451. The summed E-state index contributed by atoms with van der Waals surface area (Å²) in [6, 6.07) is 4.65. The molecule has 0 spiro atoms. The lowest BCUT2D eigenvalue weighted by Crippen LogP contribution is -2.13. The van der Waals surface area contributed by atoms with Crippen LogP contribution in [0.4, 0.5) is 4.39 Å². The van der Waals surface area contributed by atoms with Crippen LogP contribution in [0.15, 0.2) is 29.2 Å². The van der Waals surface area contributed by atoms with Crippen molar-refractivity contribution < 1.29 is 4.39 Å². The van der Waals surface area contributed by atoms with Crippen molar-refractivity contribution in [1.29, 1.82) is 0 Å². The number of rotatable bonds is 1. The fourth-order valence-electron chi connectivity index (χ4n) is 2.18. The van der Waals surface area contributed by atoms with Crippen LogP contribution in [-0.2, 0) is 0 Å². The van der Waals surface area contributed by atoms with E-state index in [4.69, 9.17) is 0 Å². The Morgan fingerprint density at radius 2 is 2.17 bits per heavy atom. The van der Waals surface area contributed by atoms with Crippen LogP contribution < -0.4 is 5.56 Å². The summed E-state index contributed by atoms with van der Waals surface area (Å²) in [5.41, 5.74) is 1.80. The molecule has 0 bridgehead atoms. The van der Waals surface area contributed by atoms with Crippen LogP contribution in [0.25, 0.3) is 16.6 Å². The van der Waals surface area contributed by atoms with Crippen molar-refractivity contribution in [1.82, 2.24) is 14.6 Å². The Labute approximate surface area is 102 Å². The largest absolute Gasteiger partial charge is 0.316 e. The molecule has 0 aliphatic rings. The first-order valence-electron chi connectivity index (χ1n) is 5.77. The highest BCUT2D eigenvalue weighted by atomic mass is 19.1. The molecule has 0 amide bonds. The highest BCUT2D eigenvalue weighted by molar-refractivity contribution is 5.79. The summed E-state index contributed by atoms with van der Waals surface area (Å²) < 4.78 is 15.2. The average Bonchev–Trinajstić information content (AvgIpc) is 2.76. The summed E-state index contributed by atoms with van der Waals surface area (Å²) in [7, 11) is 0. The van der Waals surface area contributed by atoms with Crippen LogP contribution in [0.3, 0.4) is 0 Å². The van der Waals surface area contributed by atoms with Gasteiger partial charge in [0.1, 0.15) is 16.9 Å². The van der Waals surface area contributed by atoms with Gasteiger partial charge in [-0.2, -0.15) is 5.10 Å². The molecule has 0 saturated heterocycles. The van der Waals surface area contributed by atoms with E-state index in [0.29, 0.717) is 11.0 Å². The third kappa shape index (κ3) is 1.37. The van der Waals surface area contributed by atoms with E-state index in [0.717, 1.165) is 5.56 Å². The molecule has 5 heteroatoms. The van der Waals surface area contributed by atoms with E-state index >= 15 is 0 Å². The summed E-state index contributed by atoms with van der Waals surface area (Å²) in [6.07, 6.45) is 1.67. The van der Waals surface area contributed by atoms with Gasteiger partial charge in [-0.15, -0.1) is 0 Å². The first-order valence-corrected chi connectivity index (χ1v) is 5.77. The Hall–Kier alpha value is -2.17. The van der Waals surface area contributed by atoms with E-state index in [-0.39, 0.29) is 17.0 Å². The molecule has 2 aromatic heterocycles. The number of halogens is 1. The first-order chi connectivity index (χ1) is 8.59. The van der Waals surface area contributed by atoms with Crippen LogP contribution in [0.5, 0.6) is 0 Å². The molecule has 92 valence electrons. The van der Waals surface area contributed by atoms with E-state index in [1.807, 2.05) is 13.8 Å². The van der Waals surface area contributed by atoms with E-state index in [1.54, 1.807) is 18.3 Å². The number of aromatic nitrogens is 3. The number of nitrogens with zero attached hydrogens (tertiary/aromatic N) is 2. The molecule has 18 heavy (non-hydrogen) atoms. The van der Waals surface area contributed by atoms with Crippen molar-refractivity contribution in [2.24, 2.45) is 0 Å². The SMILES string of the molecule is CC(C)c1cnn2c1c(=O)[nH]c1c(F)cccc12. The quantitative estimate of drug-likeness (QED) is 0.715. The molecule has 1 aromatic carbocycles. The summed E-state index contributed by atoms with van der Waals surface area (Å²) in [5, 5.41) is 4.20. The summed E-state index contributed by atoms with van der Waals surface area (Å²) in [6.45, 7) is 3.98. The number of hydrogen-bond donors (Lipinski definition) is 1. The zero-order valence-corrected chi connectivity index (χ0v) is 10.1. The normalized spacial score (nSPS) is 11.8. The smallest absolute Gasteiger partial charge is 0.274 e. The second-order valence-corrected chi connectivity index (χ2v) is 4.60. The highest BCUT2D eigenvalue weighted by Crippen LogP contribution is 2.21. The molecule has 1 N–H and O–H groups in total. The third-order valence-electron chi connectivity index (χ3n) is 3.09. The molecule has 3 aromatic rings. The van der Waals surface area contributed by atoms with Crippen LogP contribution in [0.1, 0.15) is 25.3 Å². The van der Waals surface area contributed by atoms with Crippen molar-refractivity contribution in [2.75, 3.05) is 0 Å². The first kappa shape index (κ1) is 11.0. The Balaban J connectivity index is 2.57. The van der Waals surface area contributed by atoms with Gasteiger partial charge >= 0.3 is 0 Å². The van der Waals surface area contributed by atoms with Gasteiger partial charge in [0.25, 0.3) is 5.56 Å². The fourth-order valence-corrected chi connectivity index (χ4v) is 2.18. The molecular weight excluding hydrogens is 233 g/mol. The van der Waals surface area contributed by atoms with E-state index in [2.05, 4.69) is 10.1 Å². The summed E-state index contributed by atoms with van der Waals surface area (Å²) >= 11 is 0. The van der Waals surface area contributed by atoms with E-state index in [1.165, 1.54) is 10.6 Å². The minimum Gasteiger partial charge on any atom is -0.316 e. The van der Waals surface area contributed by atoms with Crippen LogP contribution in [0, 0.1) is 5.82 Å². The minimum absolute atomic E-state index is 0.188. The molecule has 4 nitrogen and oxygen atoms in total. The van der Waals surface area contributed by atoms with Gasteiger partial charge in [0.15, 0.2) is 0 Å². The Bertz CT molecular complexity index is 801. The van der Waals surface area contributed by atoms with Crippen molar-refractivity contribution >= 4 is 16.6 Å². The van der Waals surface area contributed by atoms with Gasteiger partial charge in [-0.25, -0.2) is 8.91 Å². The fraction of sp³-hybridized carbons (Fsp3) is 0.231. The molecule has 0 radical (unpaired) electrons. The molecule has 0 unspecified atom stereocenters.